The summed E-state index contributed by atoms with van der Waals surface area (Å²) in [6.45, 7) is 0.793. The average molecular weight is 346 g/mol. The highest BCUT2D eigenvalue weighted by molar-refractivity contribution is 7.89. The minimum absolute atomic E-state index is 0.00464. The Morgan fingerprint density at radius 2 is 1.75 bits per heavy atom. The summed E-state index contributed by atoms with van der Waals surface area (Å²) in [6.07, 6.45) is 0. The molecule has 0 radical (unpaired) electrons. The first-order valence-electron chi connectivity index (χ1n) is 7.76. The van der Waals surface area contributed by atoms with E-state index in [1.165, 1.54) is 10.4 Å². The van der Waals surface area contributed by atoms with Gasteiger partial charge in [-0.3, -0.25) is 0 Å². The second-order valence-electron chi connectivity index (χ2n) is 6.02. The van der Waals surface area contributed by atoms with Crippen LogP contribution in [-0.4, -0.2) is 38.6 Å². The number of rotatable bonds is 3. The standard InChI is InChI=1S/C17H18N2O4S/c18-15-10-19(9-14(15)12-4-2-1-3-5-12)24(20,21)13-6-7-16-17(8-13)23-11-22-16/h1-8,14-15H,9-11,18H2/t14-,15+/m0/s1. The van der Waals surface area contributed by atoms with Crippen molar-refractivity contribution in [1.29, 1.82) is 0 Å². The molecule has 6 nitrogen and oxygen atoms in total. The molecule has 126 valence electrons. The van der Waals surface area contributed by atoms with E-state index in [2.05, 4.69) is 0 Å². The number of nitrogens with two attached hydrogens (primary N) is 1. The summed E-state index contributed by atoms with van der Waals surface area (Å²) >= 11 is 0. The molecule has 0 spiro atoms. The molecule has 0 amide bonds. The maximum absolute atomic E-state index is 12.9. The number of benzene rings is 2. The normalized spacial score (nSPS) is 23.5. The predicted molar refractivity (Wildman–Crippen MR) is 88.5 cm³/mol. The van der Waals surface area contributed by atoms with E-state index in [1.807, 2.05) is 30.3 Å². The molecule has 7 heteroatoms. The summed E-state index contributed by atoms with van der Waals surface area (Å²) in [7, 11) is -3.62. The minimum Gasteiger partial charge on any atom is -0.454 e. The third kappa shape index (κ3) is 2.54. The van der Waals surface area contributed by atoms with Crippen molar-refractivity contribution >= 4 is 10.0 Å². The third-order valence-corrected chi connectivity index (χ3v) is 6.37. The summed E-state index contributed by atoms with van der Waals surface area (Å²) in [5, 5.41) is 0. The van der Waals surface area contributed by atoms with Crippen LogP contribution in [0.15, 0.2) is 53.4 Å². The fourth-order valence-electron chi connectivity index (χ4n) is 3.23. The lowest BCUT2D eigenvalue weighted by Gasteiger charge is -2.17. The molecule has 0 aromatic heterocycles. The van der Waals surface area contributed by atoms with Gasteiger partial charge in [0.15, 0.2) is 11.5 Å². The largest absolute Gasteiger partial charge is 0.454 e. The summed E-state index contributed by atoms with van der Waals surface area (Å²) in [5.74, 6) is 1.02. The van der Waals surface area contributed by atoms with Crippen molar-refractivity contribution in [3.8, 4) is 11.5 Å². The summed E-state index contributed by atoms with van der Waals surface area (Å²) in [5.41, 5.74) is 7.28. The SMILES string of the molecule is N[C@@H]1CN(S(=O)(=O)c2ccc3c(c2)OCO3)C[C@H]1c1ccccc1. The Morgan fingerprint density at radius 3 is 2.54 bits per heavy atom. The van der Waals surface area contributed by atoms with Gasteiger partial charge in [0, 0.05) is 31.1 Å². The summed E-state index contributed by atoms with van der Waals surface area (Å²) < 4.78 is 37.8. The first-order chi connectivity index (χ1) is 11.6. The number of ether oxygens (including phenoxy) is 2. The van der Waals surface area contributed by atoms with Gasteiger partial charge in [-0.2, -0.15) is 4.31 Å². The van der Waals surface area contributed by atoms with Crippen LogP contribution in [-0.2, 0) is 10.0 Å². The zero-order valence-electron chi connectivity index (χ0n) is 13.0. The molecule has 2 aromatic carbocycles. The lowest BCUT2D eigenvalue weighted by atomic mass is 9.95. The number of hydrogen-bond donors (Lipinski definition) is 1. The molecule has 2 aromatic rings. The van der Waals surface area contributed by atoms with Crippen LogP contribution in [0.1, 0.15) is 11.5 Å². The maximum Gasteiger partial charge on any atom is 0.243 e. The fraction of sp³-hybridized carbons (Fsp3) is 0.294. The monoisotopic (exact) mass is 346 g/mol. The van der Waals surface area contributed by atoms with Gasteiger partial charge in [0.1, 0.15) is 0 Å². The zero-order valence-corrected chi connectivity index (χ0v) is 13.8. The van der Waals surface area contributed by atoms with Crippen molar-refractivity contribution in [1.82, 2.24) is 4.31 Å². The zero-order chi connectivity index (χ0) is 16.7. The fourth-order valence-corrected chi connectivity index (χ4v) is 4.75. The van der Waals surface area contributed by atoms with Crippen LogP contribution < -0.4 is 15.2 Å². The Morgan fingerprint density at radius 1 is 1.00 bits per heavy atom. The van der Waals surface area contributed by atoms with Crippen LogP contribution in [0.3, 0.4) is 0 Å². The Kier molecular flexibility index (Phi) is 3.71. The number of sulfonamides is 1. The molecule has 2 aliphatic rings. The topological polar surface area (TPSA) is 81.9 Å². The Hall–Kier alpha value is -2.09. The first kappa shape index (κ1) is 15.4. The van der Waals surface area contributed by atoms with Gasteiger partial charge in [-0.15, -0.1) is 0 Å². The molecule has 2 aliphatic heterocycles. The van der Waals surface area contributed by atoms with Crippen LogP contribution in [0.2, 0.25) is 0 Å². The molecule has 0 bridgehead atoms. The van der Waals surface area contributed by atoms with Crippen molar-refractivity contribution in [3.05, 3.63) is 54.1 Å². The molecular formula is C17H18N2O4S. The molecule has 1 fully saturated rings. The van der Waals surface area contributed by atoms with Gasteiger partial charge < -0.3 is 15.2 Å². The van der Waals surface area contributed by atoms with E-state index in [0.717, 1.165) is 5.56 Å². The smallest absolute Gasteiger partial charge is 0.243 e. The van der Waals surface area contributed by atoms with Gasteiger partial charge in [0.2, 0.25) is 16.8 Å². The molecule has 0 aliphatic carbocycles. The highest BCUT2D eigenvalue weighted by Crippen LogP contribution is 2.36. The second kappa shape index (κ2) is 5.77. The van der Waals surface area contributed by atoms with Crippen molar-refractivity contribution in [2.45, 2.75) is 16.9 Å². The van der Waals surface area contributed by atoms with Gasteiger partial charge >= 0.3 is 0 Å². The molecule has 2 atom stereocenters. The molecule has 2 N–H and O–H groups in total. The number of nitrogens with zero attached hydrogens (tertiary/aromatic N) is 1. The minimum atomic E-state index is -3.62. The molecule has 0 unspecified atom stereocenters. The second-order valence-corrected chi connectivity index (χ2v) is 7.96. The van der Waals surface area contributed by atoms with Crippen LogP contribution in [0.4, 0.5) is 0 Å². The highest BCUT2D eigenvalue weighted by atomic mass is 32.2. The number of fused-ring (bicyclic) bond motifs is 1. The van der Waals surface area contributed by atoms with Gasteiger partial charge in [-0.05, 0) is 17.7 Å². The average Bonchev–Trinajstić information content (AvgIpc) is 3.21. The van der Waals surface area contributed by atoms with E-state index in [9.17, 15) is 8.42 Å². The molecule has 0 saturated carbocycles. The molecule has 24 heavy (non-hydrogen) atoms. The lowest BCUT2D eigenvalue weighted by molar-refractivity contribution is 0.174. The third-order valence-electron chi connectivity index (χ3n) is 4.54. The Labute approximate surface area is 140 Å². The van der Waals surface area contributed by atoms with Gasteiger partial charge in [0.25, 0.3) is 0 Å². The van der Waals surface area contributed by atoms with Crippen LogP contribution >= 0.6 is 0 Å². The van der Waals surface area contributed by atoms with E-state index in [-0.39, 0.29) is 23.6 Å². The van der Waals surface area contributed by atoms with E-state index >= 15 is 0 Å². The van der Waals surface area contributed by atoms with E-state index < -0.39 is 10.0 Å². The van der Waals surface area contributed by atoms with Gasteiger partial charge in [-0.25, -0.2) is 8.42 Å². The molecule has 2 heterocycles. The van der Waals surface area contributed by atoms with Crippen LogP contribution in [0.25, 0.3) is 0 Å². The van der Waals surface area contributed by atoms with Crippen molar-refractivity contribution in [3.63, 3.8) is 0 Å². The predicted octanol–water partition coefficient (Wildman–Crippen LogP) is 1.53. The molecule has 1 saturated heterocycles. The van der Waals surface area contributed by atoms with Crippen LogP contribution in [0.5, 0.6) is 11.5 Å². The summed E-state index contributed by atoms with van der Waals surface area (Å²) in [6, 6.07) is 14.3. The van der Waals surface area contributed by atoms with Crippen molar-refractivity contribution in [2.24, 2.45) is 5.73 Å². The van der Waals surface area contributed by atoms with E-state index in [4.69, 9.17) is 15.2 Å². The lowest BCUT2D eigenvalue weighted by Crippen LogP contribution is -2.32. The van der Waals surface area contributed by atoms with Crippen molar-refractivity contribution < 1.29 is 17.9 Å². The highest BCUT2D eigenvalue weighted by Gasteiger charge is 2.38. The van der Waals surface area contributed by atoms with Gasteiger partial charge in [-0.1, -0.05) is 30.3 Å². The van der Waals surface area contributed by atoms with Crippen LogP contribution in [0, 0.1) is 0 Å². The Balaban J connectivity index is 1.61. The Bertz CT molecular complexity index is 854. The first-order valence-corrected chi connectivity index (χ1v) is 9.20. The van der Waals surface area contributed by atoms with Gasteiger partial charge in [0.05, 0.1) is 4.90 Å². The summed E-state index contributed by atoms with van der Waals surface area (Å²) in [4.78, 5) is 0.202. The molecule has 4 rings (SSSR count). The van der Waals surface area contributed by atoms with E-state index in [1.54, 1.807) is 12.1 Å². The van der Waals surface area contributed by atoms with E-state index in [0.29, 0.717) is 24.6 Å². The van der Waals surface area contributed by atoms with Crippen molar-refractivity contribution in [2.75, 3.05) is 19.9 Å². The number of hydrogen-bond acceptors (Lipinski definition) is 5. The molecular weight excluding hydrogens is 328 g/mol. The quantitative estimate of drug-likeness (QED) is 0.911. The maximum atomic E-state index is 12.9.